The molecule has 0 bridgehead atoms. The van der Waals surface area contributed by atoms with Crippen molar-refractivity contribution in [2.45, 2.75) is 19.3 Å². The molecular weight excluding hydrogens is 548 g/mol. The molecule has 0 N–H and O–H groups in total. The highest BCUT2D eigenvalue weighted by Crippen LogP contribution is 2.50. The van der Waals surface area contributed by atoms with Crippen molar-refractivity contribution in [2.24, 2.45) is 0 Å². The van der Waals surface area contributed by atoms with E-state index in [1.807, 2.05) is 54.6 Å². The van der Waals surface area contributed by atoms with E-state index in [0.717, 1.165) is 34.1 Å². The molecule has 6 aromatic carbocycles. The van der Waals surface area contributed by atoms with Crippen LogP contribution in [0.15, 0.2) is 146 Å². The van der Waals surface area contributed by atoms with Crippen LogP contribution in [0.1, 0.15) is 36.1 Å². The van der Waals surface area contributed by atoms with E-state index >= 15 is 0 Å². The number of rotatable bonds is 6. The Morgan fingerprint density at radius 2 is 0.822 bits per heavy atom. The van der Waals surface area contributed by atoms with Crippen molar-refractivity contribution in [1.82, 2.24) is 0 Å². The molecule has 0 unspecified atom stereocenters. The van der Waals surface area contributed by atoms with Crippen LogP contribution in [0.5, 0.6) is 0 Å². The fraction of sp³-hybridized carbons (Fsp3) is 0.0732. The second kappa shape index (κ2) is 11.2. The van der Waals surface area contributed by atoms with Crippen LogP contribution in [0, 0.1) is 22.7 Å². The van der Waals surface area contributed by atoms with E-state index < -0.39 is 0 Å². The fourth-order valence-electron chi connectivity index (χ4n) is 6.44. The van der Waals surface area contributed by atoms with Crippen LogP contribution in [0.4, 0.5) is 34.1 Å². The molecule has 214 valence electrons. The molecule has 0 saturated heterocycles. The molecule has 1 aliphatic rings. The van der Waals surface area contributed by atoms with E-state index in [1.54, 1.807) is 0 Å². The molecule has 4 heteroatoms. The standard InChI is InChI=1S/C41H30N4/c1-41(2)39-11-7-6-10-37(39)38-26-36(24-25-40(38)41)45(31-8-4-3-5-9-31)35-22-20-34(21-23-35)44(32-16-12-29(27-42)13-17-32)33-18-14-30(28-43)15-19-33/h3-26H,1-2H3. The summed E-state index contributed by atoms with van der Waals surface area (Å²) in [7, 11) is 0. The van der Waals surface area contributed by atoms with Gasteiger partial charge in [0, 0.05) is 39.5 Å². The Labute approximate surface area is 264 Å². The Morgan fingerprint density at radius 3 is 1.36 bits per heavy atom. The Kier molecular flexibility index (Phi) is 6.89. The zero-order valence-corrected chi connectivity index (χ0v) is 25.1. The van der Waals surface area contributed by atoms with E-state index in [-0.39, 0.29) is 5.41 Å². The summed E-state index contributed by atoms with van der Waals surface area (Å²) in [6.07, 6.45) is 0. The molecule has 0 saturated carbocycles. The van der Waals surface area contributed by atoms with Crippen molar-refractivity contribution in [3.63, 3.8) is 0 Å². The highest BCUT2D eigenvalue weighted by molar-refractivity contribution is 5.87. The summed E-state index contributed by atoms with van der Waals surface area (Å²) < 4.78 is 0. The minimum absolute atomic E-state index is 0.0516. The van der Waals surface area contributed by atoms with Crippen molar-refractivity contribution in [1.29, 1.82) is 10.5 Å². The van der Waals surface area contributed by atoms with E-state index in [9.17, 15) is 10.5 Å². The van der Waals surface area contributed by atoms with Crippen LogP contribution in [0.25, 0.3) is 11.1 Å². The van der Waals surface area contributed by atoms with Gasteiger partial charge in [-0.05, 0) is 119 Å². The molecule has 0 spiro atoms. The van der Waals surface area contributed by atoms with E-state index in [4.69, 9.17) is 0 Å². The lowest BCUT2D eigenvalue weighted by molar-refractivity contribution is 0.660. The number of nitriles is 2. The number of fused-ring (bicyclic) bond motifs is 3. The average Bonchev–Trinajstić information content (AvgIpc) is 3.32. The van der Waals surface area contributed by atoms with Gasteiger partial charge < -0.3 is 9.80 Å². The first kappa shape index (κ1) is 27.7. The number of hydrogen-bond donors (Lipinski definition) is 0. The van der Waals surface area contributed by atoms with Gasteiger partial charge in [0.25, 0.3) is 0 Å². The van der Waals surface area contributed by atoms with Crippen LogP contribution >= 0.6 is 0 Å². The number of nitrogens with zero attached hydrogens (tertiary/aromatic N) is 4. The lowest BCUT2D eigenvalue weighted by Gasteiger charge is -2.29. The monoisotopic (exact) mass is 578 g/mol. The molecule has 0 aliphatic heterocycles. The van der Waals surface area contributed by atoms with Crippen LogP contribution in [0.3, 0.4) is 0 Å². The van der Waals surface area contributed by atoms with Gasteiger partial charge >= 0.3 is 0 Å². The smallest absolute Gasteiger partial charge is 0.0991 e. The number of para-hydroxylation sites is 1. The number of benzene rings is 6. The lowest BCUT2D eigenvalue weighted by atomic mass is 9.82. The van der Waals surface area contributed by atoms with Gasteiger partial charge in [-0.25, -0.2) is 0 Å². The molecule has 0 heterocycles. The van der Waals surface area contributed by atoms with Crippen LogP contribution in [-0.4, -0.2) is 0 Å². The van der Waals surface area contributed by atoms with Gasteiger partial charge in [-0.2, -0.15) is 10.5 Å². The maximum absolute atomic E-state index is 9.36. The van der Waals surface area contributed by atoms with Crippen molar-refractivity contribution in [3.05, 3.63) is 168 Å². The third-order valence-corrected chi connectivity index (χ3v) is 8.71. The minimum atomic E-state index is -0.0516. The van der Waals surface area contributed by atoms with E-state index in [2.05, 4.69) is 127 Å². The van der Waals surface area contributed by atoms with Gasteiger partial charge in [0.1, 0.15) is 0 Å². The fourth-order valence-corrected chi connectivity index (χ4v) is 6.44. The average molecular weight is 579 g/mol. The van der Waals surface area contributed by atoms with Gasteiger partial charge in [0.2, 0.25) is 0 Å². The molecule has 7 rings (SSSR count). The van der Waals surface area contributed by atoms with Crippen molar-refractivity contribution < 1.29 is 0 Å². The summed E-state index contributed by atoms with van der Waals surface area (Å²) in [6, 6.07) is 54.1. The van der Waals surface area contributed by atoms with Crippen LogP contribution in [0.2, 0.25) is 0 Å². The second-order valence-electron chi connectivity index (χ2n) is 11.7. The maximum atomic E-state index is 9.36. The molecule has 0 radical (unpaired) electrons. The van der Waals surface area contributed by atoms with E-state index in [0.29, 0.717) is 11.1 Å². The summed E-state index contributed by atoms with van der Waals surface area (Å²) in [6.45, 7) is 4.61. The largest absolute Gasteiger partial charge is 0.311 e. The summed E-state index contributed by atoms with van der Waals surface area (Å²) in [5.74, 6) is 0. The minimum Gasteiger partial charge on any atom is -0.311 e. The molecule has 45 heavy (non-hydrogen) atoms. The molecule has 0 amide bonds. The van der Waals surface area contributed by atoms with Crippen molar-refractivity contribution in [3.8, 4) is 23.3 Å². The summed E-state index contributed by atoms with van der Waals surface area (Å²) >= 11 is 0. The normalized spacial score (nSPS) is 12.4. The van der Waals surface area contributed by atoms with Gasteiger partial charge in [-0.15, -0.1) is 0 Å². The molecule has 6 aromatic rings. The van der Waals surface area contributed by atoms with Crippen LogP contribution in [-0.2, 0) is 5.41 Å². The lowest BCUT2D eigenvalue weighted by Crippen LogP contribution is -2.15. The Morgan fingerprint density at radius 1 is 0.422 bits per heavy atom. The molecule has 1 aliphatic carbocycles. The Bertz CT molecular complexity index is 2020. The van der Waals surface area contributed by atoms with Crippen molar-refractivity contribution >= 4 is 34.1 Å². The predicted octanol–water partition coefficient (Wildman–Crippen LogP) is 10.7. The van der Waals surface area contributed by atoms with Crippen molar-refractivity contribution in [2.75, 3.05) is 9.80 Å². The van der Waals surface area contributed by atoms with Gasteiger partial charge in [0.15, 0.2) is 0 Å². The Balaban J connectivity index is 1.32. The molecule has 0 aromatic heterocycles. The SMILES string of the molecule is CC1(C)c2ccccc2-c2cc(N(c3ccccc3)c3ccc(N(c4ccc(C#N)cc4)c4ccc(C#N)cc4)cc3)ccc21. The third-order valence-electron chi connectivity index (χ3n) is 8.71. The third kappa shape index (κ3) is 4.89. The quantitative estimate of drug-likeness (QED) is 0.197. The summed E-state index contributed by atoms with van der Waals surface area (Å²) in [4.78, 5) is 4.43. The zero-order chi connectivity index (χ0) is 31.0. The highest BCUT2D eigenvalue weighted by Gasteiger charge is 2.35. The van der Waals surface area contributed by atoms with Gasteiger partial charge in [-0.3, -0.25) is 0 Å². The Hall–Kier alpha value is -6.10. The first-order valence-electron chi connectivity index (χ1n) is 15.0. The molecule has 0 fully saturated rings. The topological polar surface area (TPSA) is 54.1 Å². The van der Waals surface area contributed by atoms with Gasteiger partial charge in [0.05, 0.1) is 23.3 Å². The first-order chi connectivity index (χ1) is 22.0. The number of anilines is 6. The predicted molar refractivity (Wildman–Crippen MR) is 183 cm³/mol. The van der Waals surface area contributed by atoms with Crippen LogP contribution < -0.4 is 9.80 Å². The maximum Gasteiger partial charge on any atom is 0.0991 e. The summed E-state index contributed by atoms with van der Waals surface area (Å²) in [5.41, 5.74) is 12.4. The molecule has 0 atom stereocenters. The zero-order valence-electron chi connectivity index (χ0n) is 25.1. The second-order valence-corrected chi connectivity index (χ2v) is 11.7. The number of hydrogen-bond acceptors (Lipinski definition) is 4. The van der Waals surface area contributed by atoms with Gasteiger partial charge in [-0.1, -0.05) is 62.4 Å². The van der Waals surface area contributed by atoms with E-state index in [1.165, 1.54) is 22.3 Å². The first-order valence-corrected chi connectivity index (χ1v) is 15.0. The molecule has 4 nitrogen and oxygen atoms in total. The highest BCUT2D eigenvalue weighted by atomic mass is 15.2. The summed E-state index contributed by atoms with van der Waals surface area (Å²) in [5, 5.41) is 18.7. The molecular formula is C41H30N4.